The summed E-state index contributed by atoms with van der Waals surface area (Å²) in [5.41, 5.74) is 16.3. The Kier molecular flexibility index (Phi) is 9.56. The van der Waals surface area contributed by atoms with Crippen molar-refractivity contribution in [1.82, 2.24) is 0 Å². The zero-order valence-corrected chi connectivity index (χ0v) is 20.3. The molecule has 0 bridgehead atoms. The molecule has 2 aromatic carbocycles. The van der Waals surface area contributed by atoms with Crippen molar-refractivity contribution in [2.24, 2.45) is 11.5 Å². The summed E-state index contributed by atoms with van der Waals surface area (Å²) in [5, 5.41) is 37.8. The fraction of sp³-hybridized carbons (Fsp3) is 0.478. The van der Waals surface area contributed by atoms with Gasteiger partial charge in [-0.25, -0.2) is 0 Å². The monoisotopic (exact) mass is 488 g/mol. The Morgan fingerprint density at radius 2 is 1.34 bits per heavy atom. The van der Waals surface area contributed by atoms with Crippen LogP contribution in [0.4, 0.5) is 0 Å². The maximum absolute atomic E-state index is 9.93. The molecule has 190 valence electrons. The molecule has 2 heterocycles. The van der Waals surface area contributed by atoms with Gasteiger partial charge in [-0.05, 0) is 55.2 Å². The zero-order valence-electron chi connectivity index (χ0n) is 20.3. The molecule has 8 N–H and O–H groups in total. The van der Waals surface area contributed by atoms with Gasteiger partial charge in [-0.15, -0.1) is 0 Å². The molecule has 0 aromatic heterocycles. The topological polar surface area (TPSA) is 170 Å². The first-order valence-electron chi connectivity index (χ1n) is 11.6. The van der Waals surface area contributed by atoms with Crippen LogP contribution in [0.2, 0.25) is 0 Å². The van der Waals surface area contributed by atoms with E-state index in [2.05, 4.69) is 0 Å². The molecule has 3 unspecified atom stereocenters. The third-order valence-corrected chi connectivity index (χ3v) is 5.91. The van der Waals surface area contributed by atoms with Crippen LogP contribution in [0, 0.1) is 13.8 Å². The smallest absolute Gasteiger partial charge is 0.492 e. The lowest BCUT2D eigenvalue weighted by Gasteiger charge is -2.15. The molecular weight excluding hydrogens is 454 g/mol. The summed E-state index contributed by atoms with van der Waals surface area (Å²) in [7, 11) is -2.02. The van der Waals surface area contributed by atoms with Crippen molar-refractivity contribution < 1.29 is 39.0 Å². The number of nitrogens with two attached hydrogens (primary N) is 2. The molecule has 0 saturated carbocycles. The van der Waals surface area contributed by atoms with Crippen molar-refractivity contribution in [2.45, 2.75) is 39.1 Å². The van der Waals surface area contributed by atoms with Crippen molar-refractivity contribution in [1.29, 1.82) is 0 Å². The van der Waals surface area contributed by atoms with Crippen molar-refractivity contribution in [2.75, 3.05) is 32.9 Å². The largest absolute Gasteiger partial charge is 0.495 e. The average molecular weight is 488 g/mol. The number of aliphatic hydroxyl groups excluding tert-OH is 2. The lowest BCUT2D eigenvalue weighted by Crippen LogP contribution is -2.31. The molecule has 0 saturated heterocycles. The molecule has 0 aliphatic carbocycles. The highest BCUT2D eigenvalue weighted by atomic mass is 16.5. The minimum atomic E-state index is -1.02. The van der Waals surface area contributed by atoms with Crippen LogP contribution >= 0.6 is 0 Å². The van der Waals surface area contributed by atoms with Gasteiger partial charge in [0.2, 0.25) is 0 Å². The Balaban J connectivity index is 0.000000196. The van der Waals surface area contributed by atoms with Crippen LogP contribution in [0.25, 0.3) is 0 Å². The highest BCUT2D eigenvalue weighted by Gasteiger charge is 2.39. The first-order chi connectivity index (χ1) is 16.7. The van der Waals surface area contributed by atoms with Gasteiger partial charge in [0.15, 0.2) is 0 Å². The van der Waals surface area contributed by atoms with Crippen molar-refractivity contribution in [3.8, 4) is 11.5 Å². The van der Waals surface area contributed by atoms with E-state index in [4.69, 9.17) is 35.4 Å². The second-order valence-electron chi connectivity index (χ2n) is 8.57. The predicted molar refractivity (Wildman–Crippen MR) is 133 cm³/mol. The lowest BCUT2D eigenvalue weighted by molar-refractivity contribution is 0.123. The molecule has 4 rings (SSSR count). The van der Waals surface area contributed by atoms with E-state index >= 15 is 0 Å². The summed E-state index contributed by atoms with van der Waals surface area (Å²) in [6.07, 6.45) is -1.16. The number of aryl methyl sites for hydroxylation is 2. The van der Waals surface area contributed by atoms with Crippen LogP contribution in [0.15, 0.2) is 24.3 Å². The van der Waals surface area contributed by atoms with E-state index in [0.29, 0.717) is 35.5 Å². The lowest BCUT2D eigenvalue weighted by atomic mass is 9.77. The van der Waals surface area contributed by atoms with Crippen molar-refractivity contribution >= 4 is 25.2 Å². The summed E-state index contributed by atoms with van der Waals surface area (Å²) < 4.78 is 21.7. The summed E-state index contributed by atoms with van der Waals surface area (Å²) in [5.74, 6) is 1.09. The van der Waals surface area contributed by atoms with E-state index in [1.54, 1.807) is 19.1 Å². The second-order valence-corrected chi connectivity index (χ2v) is 8.57. The van der Waals surface area contributed by atoms with Crippen LogP contribution < -0.4 is 31.9 Å². The number of rotatable bonds is 8. The molecule has 0 radical (unpaired) electrons. The normalized spacial score (nSPS) is 19.1. The van der Waals surface area contributed by atoms with E-state index < -0.39 is 20.3 Å². The van der Waals surface area contributed by atoms with Gasteiger partial charge >= 0.3 is 14.2 Å². The Bertz CT molecular complexity index is 1010. The molecule has 0 spiro atoms. The van der Waals surface area contributed by atoms with E-state index in [1.807, 2.05) is 26.0 Å². The molecule has 3 atom stereocenters. The molecular formula is C23H34B2N2O8. The maximum Gasteiger partial charge on any atom is 0.495 e. The van der Waals surface area contributed by atoms with Gasteiger partial charge in [-0.2, -0.15) is 0 Å². The van der Waals surface area contributed by atoms with Crippen molar-refractivity contribution in [3.05, 3.63) is 46.5 Å². The zero-order chi connectivity index (χ0) is 25.7. The fourth-order valence-electron chi connectivity index (χ4n) is 4.36. The van der Waals surface area contributed by atoms with Gasteiger partial charge in [0.1, 0.15) is 24.7 Å². The Morgan fingerprint density at radius 1 is 0.886 bits per heavy atom. The van der Waals surface area contributed by atoms with Gasteiger partial charge in [0, 0.05) is 24.0 Å². The van der Waals surface area contributed by atoms with Crippen LogP contribution in [0.1, 0.15) is 41.4 Å². The van der Waals surface area contributed by atoms with E-state index in [-0.39, 0.29) is 32.0 Å². The Labute approximate surface area is 206 Å². The molecule has 2 aliphatic rings. The Morgan fingerprint density at radius 3 is 1.74 bits per heavy atom. The number of aliphatic hydroxyl groups is 2. The Hall–Kier alpha value is -2.15. The first-order valence-corrected chi connectivity index (χ1v) is 11.6. The molecule has 0 fully saturated rings. The highest BCUT2D eigenvalue weighted by molar-refractivity contribution is 6.63. The van der Waals surface area contributed by atoms with Gasteiger partial charge < -0.3 is 50.5 Å². The predicted octanol–water partition coefficient (Wildman–Crippen LogP) is -1.44. The number of fused-ring (bicyclic) bond motifs is 2. The van der Waals surface area contributed by atoms with E-state index in [1.165, 1.54) is 0 Å². The standard InChI is InChI=1S/C12H18BNO4.C11H16BNO4/c1-7-3-4-9(17-6-8(2)15)12-11(7)10(5-14)18-13(12)16;1-7-2-3-8(16-5-4-14)11-10(7)9(6-13)17-12(11)15/h3-4,8,10,15-16H,5-6,14H2,1-2H3;2-3,9,14-15H,4-6,13H2,1H3. The summed E-state index contributed by atoms with van der Waals surface area (Å²) in [6, 6.07) is 7.35. The number of hydrogen-bond donors (Lipinski definition) is 6. The quantitative estimate of drug-likeness (QED) is 0.242. The minimum Gasteiger partial charge on any atom is -0.492 e. The van der Waals surface area contributed by atoms with E-state index in [9.17, 15) is 15.2 Å². The molecule has 2 aromatic rings. The van der Waals surface area contributed by atoms with Gasteiger partial charge in [-0.1, -0.05) is 12.1 Å². The van der Waals surface area contributed by atoms with Crippen LogP contribution in [0.3, 0.4) is 0 Å². The molecule has 12 heteroatoms. The second kappa shape index (κ2) is 12.2. The maximum atomic E-state index is 9.93. The third-order valence-electron chi connectivity index (χ3n) is 5.91. The average Bonchev–Trinajstić information content (AvgIpc) is 3.37. The van der Waals surface area contributed by atoms with Crippen LogP contribution in [-0.4, -0.2) is 73.5 Å². The first kappa shape index (κ1) is 27.4. The molecule has 10 nitrogen and oxygen atoms in total. The molecule has 2 aliphatic heterocycles. The number of ether oxygens (including phenoxy) is 2. The highest BCUT2D eigenvalue weighted by Crippen LogP contribution is 2.31. The number of hydrogen-bond acceptors (Lipinski definition) is 10. The number of benzene rings is 2. The SMILES string of the molecule is Cc1ccc(OCC(C)O)c2c1C(CN)OB2O.Cc1ccc(OCCO)c2c1C(CN)OB2O. The summed E-state index contributed by atoms with van der Waals surface area (Å²) in [6.45, 7) is 6.45. The molecule has 0 amide bonds. The fourth-order valence-corrected chi connectivity index (χ4v) is 4.36. The summed E-state index contributed by atoms with van der Waals surface area (Å²) in [4.78, 5) is 0. The summed E-state index contributed by atoms with van der Waals surface area (Å²) >= 11 is 0. The van der Waals surface area contributed by atoms with Crippen LogP contribution in [0.5, 0.6) is 11.5 Å². The van der Waals surface area contributed by atoms with Gasteiger partial charge in [0.25, 0.3) is 0 Å². The molecule has 35 heavy (non-hydrogen) atoms. The minimum absolute atomic E-state index is 0.0695. The third kappa shape index (κ3) is 5.99. The van der Waals surface area contributed by atoms with Gasteiger partial charge in [0.05, 0.1) is 24.9 Å². The van der Waals surface area contributed by atoms with Crippen LogP contribution in [-0.2, 0) is 9.31 Å². The van der Waals surface area contributed by atoms with E-state index in [0.717, 1.165) is 22.3 Å². The van der Waals surface area contributed by atoms with Crippen molar-refractivity contribution in [3.63, 3.8) is 0 Å². The van der Waals surface area contributed by atoms with Gasteiger partial charge in [-0.3, -0.25) is 0 Å².